The zero-order valence-electron chi connectivity index (χ0n) is 9.23. The van der Waals surface area contributed by atoms with Crippen LogP contribution in [0.5, 0.6) is 0 Å². The second kappa shape index (κ2) is 5.07. The van der Waals surface area contributed by atoms with Gasteiger partial charge in [0.2, 0.25) is 0 Å². The first-order chi connectivity index (χ1) is 6.95. The number of ether oxygens (including phenoxy) is 1. The van der Waals surface area contributed by atoms with Gasteiger partial charge in [0.25, 0.3) is 0 Å². The van der Waals surface area contributed by atoms with E-state index in [0.717, 1.165) is 12.8 Å². The molecule has 0 heterocycles. The molecule has 2 atom stereocenters. The van der Waals surface area contributed by atoms with E-state index in [9.17, 15) is 13.2 Å². The molecule has 1 aliphatic rings. The lowest BCUT2D eigenvalue weighted by atomic mass is 9.86. The molecule has 1 fully saturated rings. The van der Waals surface area contributed by atoms with Gasteiger partial charge in [0.1, 0.15) is 16.4 Å². The quantitative estimate of drug-likeness (QED) is 0.722. The molecule has 2 unspecified atom stereocenters. The van der Waals surface area contributed by atoms with Gasteiger partial charge in [-0.05, 0) is 19.3 Å². The molecule has 0 aliphatic heterocycles. The van der Waals surface area contributed by atoms with Crippen molar-refractivity contribution in [2.75, 3.05) is 20.0 Å². The topological polar surface area (TPSA) is 60.4 Å². The smallest absolute Gasteiger partial charge is 0.161 e. The van der Waals surface area contributed by atoms with Crippen LogP contribution in [0.25, 0.3) is 0 Å². The zero-order chi connectivity index (χ0) is 11.5. The highest BCUT2D eigenvalue weighted by Crippen LogP contribution is 2.29. The monoisotopic (exact) mass is 234 g/mol. The molecule has 0 N–H and O–H groups in total. The van der Waals surface area contributed by atoms with Gasteiger partial charge in [-0.25, -0.2) is 8.42 Å². The van der Waals surface area contributed by atoms with Crippen molar-refractivity contribution in [3.8, 4) is 0 Å². The minimum atomic E-state index is -3.00. The van der Waals surface area contributed by atoms with Gasteiger partial charge < -0.3 is 4.74 Å². The Balaban J connectivity index is 2.60. The molecule has 0 spiro atoms. The van der Waals surface area contributed by atoms with E-state index >= 15 is 0 Å². The van der Waals surface area contributed by atoms with Crippen LogP contribution in [0.4, 0.5) is 0 Å². The molecule has 0 aromatic rings. The minimum Gasteiger partial charge on any atom is -0.377 e. The van der Waals surface area contributed by atoms with E-state index in [1.807, 2.05) is 0 Å². The Kier molecular flexibility index (Phi) is 4.28. The fraction of sp³-hybridized carbons (Fsp3) is 0.900. The number of sulfone groups is 1. The van der Waals surface area contributed by atoms with Crippen molar-refractivity contribution in [3.63, 3.8) is 0 Å². The van der Waals surface area contributed by atoms with E-state index < -0.39 is 9.84 Å². The summed E-state index contributed by atoms with van der Waals surface area (Å²) in [6.45, 7) is 0.0984. The first-order valence-corrected chi connectivity index (χ1v) is 7.11. The Hall–Kier alpha value is -0.420. The van der Waals surface area contributed by atoms with Crippen LogP contribution >= 0.6 is 0 Å². The van der Waals surface area contributed by atoms with Crippen LogP contribution in [0, 0.1) is 5.92 Å². The fourth-order valence-corrected chi connectivity index (χ4v) is 3.26. The predicted molar refractivity (Wildman–Crippen MR) is 57.5 cm³/mol. The molecule has 1 rings (SSSR count). The highest BCUT2D eigenvalue weighted by atomic mass is 32.2. The van der Waals surface area contributed by atoms with E-state index in [1.54, 1.807) is 0 Å². The third-order valence-corrected chi connectivity index (χ3v) is 4.61. The first-order valence-electron chi connectivity index (χ1n) is 5.15. The molecular weight excluding hydrogens is 216 g/mol. The lowest BCUT2D eigenvalue weighted by Gasteiger charge is -2.26. The van der Waals surface area contributed by atoms with Gasteiger partial charge in [-0.1, -0.05) is 6.42 Å². The molecule has 1 saturated carbocycles. The summed E-state index contributed by atoms with van der Waals surface area (Å²) < 4.78 is 27.5. The maximum absolute atomic E-state index is 11.6. The second-order valence-corrected chi connectivity index (χ2v) is 6.54. The van der Waals surface area contributed by atoms with Crippen molar-refractivity contribution >= 4 is 15.6 Å². The third-order valence-electron chi connectivity index (χ3n) is 2.97. The molecule has 1 aliphatic carbocycles. The van der Waals surface area contributed by atoms with Gasteiger partial charge in [-0.3, -0.25) is 4.79 Å². The molecule has 0 saturated heterocycles. The Morgan fingerprint density at radius 3 is 2.60 bits per heavy atom. The van der Waals surface area contributed by atoms with Crippen LogP contribution in [0.3, 0.4) is 0 Å². The Labute approximate surface area is 90.9 Å². The number of hydrogen-bond acceptors (Lipinski definition) is 4. The average Bonchev–Trinajstić information content (AvgIpc) is 2.17. The van der Waals surface area contributed by atoms with E-state index in [-0.39, 0.29) is 23.6 Å². The first kappa shape index (κ1) is 12.6. The molecule has 0 amide bonds. The Morgan fingerprint density at radius 1 is 1.40 bits per heavy atom. The van der Waals surface area contributed by atoms with Crippen LogP contribution in [-0.4, -0.2) is 39.4 Å². The van der Waals surface area contributed by atoms with Crippen molar-refractivity contribution in [3.05, 3.63) is 0 Å². The number of rotatable bonds is 4. The highest BCUT2D eigenvalue weighted by Gasteiger charge is 2.31. The van der Waals surface area contributed by atoms with E-state index in [0.29, 0.717) is 12.8 Å². The zero-order valence-corrected chi connectivity index (χ0v) is 10.0. The van der Waals surface area contributed by atoms with Gasteiger partial charge in [0, 0.05) is 19.3 Å². The molecule has 88 valence electrons. The molecule has 15 heavy (non-hydrogen) atoms. The third kappa shape index (κ3) is 3.57. The van der Waals surface area contributed by atoms with Crippen molar-refractivity contribution < 1.29 is 17.9 Å². The van der Waals surface area contributed by atoms with E-state index in [1.165, 1.54) is 13.4 Å². The van der Waals surface area contributed by atoms with Crippen molar-refractivity contribution in [1.29, 1.82) is 0 Å². The summed E-state index contributed by atoms with van der Waals surface area (Å²) in [4.78, 5) is 11.6. The van der Waals surface area contributed by atoms with Crippen molar-refractivity contribution in [2.24, 2.45) is 5.92 Å². The summed E-state index contributed by atoms with van der Waals surface area (Å²) in [6.07, 6.45) is 4.03. The minimum absolute atomic E-state index is 0.0332. The molecule has 5 heteroatoms. The maximum Gasteiger partial charge on any atom is 0.161 e. The molecule has 0 aromatic heterocycles. The van der Waals surface area contributed by atoms with Crippen LogP contribution in [-0.2, 0) is 19.4 Å². The van der Waals surface area contributed by atoms with Gasteiger partial charge in [-0.2, -0.15) is 0 Å². The van der Waals surface area contributed by atoms with Crippen molar-refractivity contribution in [2.45, 2.75) is 30.9 Å². The molecule has 4 nitrogen and oxygen atoms in total. The van der Waals surface area contributed by atoms with Crippen LogP contribution in [0.1, 0.15) is 25.7 Å². The Bertz CT molecular complexity index is 320. The van der Waals surface area contributed by atoms with E-state index in [4.69, 9.17) is 4.74 Å². The van der Waals surface area contributed by atoms with Crippen LogP contribution in [0.2, 0.25) is 0 Å². The number of methoxy groups -OCH3 is 1. The molecular formula is C10H18O4S. The second-order valence-electron chi connectivity index (χ2n) is 4.21. The predicted octanol–water partition coefficient (Wildman–Crippen LogP) is 0.805. The summed E-state index contributed by atoms with van der Waals surface area (Å²) >= 11 is 0. The normalized spacial score (nSPS) is 27.6. The maximum atomic E-state index is 11.6. The number of Topliss-reactive ketones (excluding diaryl/α,β-unsaturated/α-hetero) is 1. The summed E-state index contributed by atoms with van der Waals surface area (Å²) in [6, 6.07) is 0. The summed E-state index contributed by atoms with van der Waals surface area (Å²) in [5, 5.41) is -0.336. The Morgan fingerprint density at radius 2 is 2.07 bits per heavy atom. The average molecular weight is 234 g/mol. The number of ketones is 1. The lowest BCUT2D eigenvalue weighted by molar-refractivity contribution is -0.127. The van der Waals surface area contributed by atoms with Gasteiger partial charge >= 0.3 is 0 Å². The lowest BCUT2D eigenvalue weighted by Crippen LogP contribution is -2.32. The highest BCUT2D eigenvalue weighted by molar-refractivity contribution is 7.91. The van der Waals surface area contributed by atoms with Crippen LogP contribution in [0.15, 0.2) is 0 Å². The van der Waals surface area contributed by atoms with Crippen molar-refractivity contribution in [1.82, 2.24) is 0 Å². The van der Waals surface area contributed by atoms with Gasteiger partial charge in [0.15, 0.2) is 5.78 Å². The standard InChI is InChI=1S/C10H18O4S/c1-14-7-10(11)8-4-3-5-9(6-8)15(2,12)13/h8-9H,3-7H2,1-2H3. The van der Waals surface area contributed by atoms with E-state index in [2.05, 4.69) is 0 Å². The largest absolute Gasteiger partial charge is 0.377 e. The molecule has 0 aromatic carbocycles. The fourth-order valence-electron chi connectivity index (χ4n) is 2.09. The van der Waals surface area contributed by atoms with Gasteiger partial charge in [0.05, 0.1) is 5.25 Å². The summed E-state index contributed by atoms with van der Waals surface area (Å²) in [7, 11) is -1.52. The molecule has 0 radical (unpaired) electrons. The summed E-state index contributed by atoms with van der Waals surface area (Å²) in [5.74, 6) is -0.0933. The van der Waals surface area contributed by atoms with Gasteiger partial charge in [-0.15, -0.1) is 0 Å². The number of hydrogen-bond donors (Lipinski definition) is 0. The summed E-state index contributed by atoms with van der Waals surface area (Å²) in [5.41, 5.74) is 0. The molecule has 0 bridgehead atoms. The van der Waals surface area contributed by atoms with Crippen LogP contribution < -0.4 is 0 Å². The number of carbonyl (C=O) groups excluding carboxylic acids is 1. The number of carbonyl (C=O) groups is 1. The SMILES string of the molecule is COCC(=O)C1CCCC(S(C)(=O)=O)C1.